The average molecular weight is 506 g/mol. The molecule has 0 aliphatic heterocycles. The second-order valence-corrected chi connectivity index (χ2v) is 10.2. The van der Waals surface area contributed by atoms with Gasteiger partial charge in [-0.25, -0.2) is 8.42 Å². The van der Waals surface area contributed by atoms with Gasteiger partial charge in [-0.15, -0.1) is 0 Å². The van der Waals surface area contributed by atoms with Crippen LogP contribution >= 0.6 is 0 Å². The fourth-order valence-electron chi connectivity index (χ4n) is 3.45. The highest BCUT2D eigenvalue weighted by Crippen LogP contribution is 2.29. The lowest BCUT2D eigenvalue weighted by Crippen LogP contribution is -2.52. The molecule has 2 rings (SSSR count). The summed E-state index contributed by atoms with van der Waals surface area (Å²) in [4.78, 5) is 27.9. The number of sulfonamides is 1. The van der Waals surface area contributed by atoms with Gasteiger partial charge in [-0.3, -0.25) is 13.9 Å². The minimum atomic E-state index is -3.85. The summed E-state index contributed by atoms with van der Waals surface area (Å²) >= 11 is 0. The van der Waals surface area contributed by atoms with E-state index in [0.717, 1.165) is 22.5 Å². The maximum atomic E-state index is 13.6. The van der Waals surface area contributed by atoms with Gasteiger partial charge < -0.3 is 19.7 Å². The van der Waals surface area contributed by atoms with Crippen molar-refractivity contribution in [2.45, 2.75) is 45.8 Å². The molecule has 9 nitrogen and oxygen atoms in total. The molecule has 2 unspecified atom stereocenters. The highest BCUT2D eigenvalue weighted by molar-refractivity contribution is 7.92. The van der Waals surface area contributed by atoms with Crippen LogP contribution in [0.5, 0.6) is 11.5 Å². The number of amides is 2. The summed E-state index contributed by atoms with van der Waals surface area (Å²) in [6, 6.07) is 12.8. The summed E-state index contributed by atoms with van der Waals surface area (Å²) in [5.74, 6) is 0.0702. The Morgan fingerprint density at radius 1 is 1.03 bits per heavy atom. The van der Waals surface area contributed by atoms with E-state index in [1.165, 1.54) is 12.0 Å². The largest absolute Gasteiger partial charge is 0.497 e. The normalized spacial score (nSPS) is 12.9. The quantitative estimate of drug-likeness (QED) is 0.476. The molecule has 0 radical (unpaired) electrons. The average Bonchev–Trinajstić information content (AvgIpc) is 2.84. The van der Waals surface area contributed by atoms with E-state index in [4.69, 9.17) is 9.47 Å². The SMILES string of the molecule is CCC(C)NC(=O)C(C)N(Cc1cccc(OC)c1)C(=O)CN(c1ccccc1OC)S(C)(=O)=O. The zero-order chi connectivity index (χ0) is 26.2. The van der Waals surface area contributed by atoms with E-state index in [0.29, 0.717) is 11.5 Å². The van der Waals surface area contributed by atoms with Crippen LogP contribution in [-0.2, 0) is 26.2 Å². The summed E-state index contributed by atoms with van der Waals surface area (Å²) in [5.41, 5.74) is 0.980. The molecule has 0 spiro atoms. The smallest absolute Gasteiger partial charge is 0.244 e. The predicted octanol–water partition coefficient (Wildman–Crippen LogP) is 2.80. The van der Waals surface area contributed by atoms with Crippen LogP contribution in [-0.4, -0.2) is 64.2 Å². The van der Waals surface area contributed by atoms with Crippen LogP contribution < -0.4 is 19.1 Å². The van der Waals surface area contributed by atoms with Gasteiger partial charge in [0, 0.05) is 12.6 Å². The van der Waals surface area contributed by atoms with Gasteiger partial charge in [0.1, 0.15) is 24.1 Å². The van der Waals surface area contributed by atoms with Gasteiger partial charge in [-0.05, 0) is 50.1 Å². The maximum absolute atomic E-state index is 13.6. The van der Waals surface area contributed by atoms with E-state index in [1.807, 2.05) is 19.9 Å². The topological polar surface area (TPSA) is 105 Å². The molecular weight excluding hydrogens is 470 g/mol. The molecule has 0 saturated heterocycles. The third-order valence-electron chi connectivity index (χ3n) is 5.69. The number of para-hydroxylation sites is 2. The fourth-order valence-corrected chi connectivity index (χ4v) is 4.30. The van der Waals surface area contributed by atoms with Gasteiger partial charge in [0.05, 0.1) is 26.2 Å². The van der Waals surface area contributed by atoms with E-state index in [9.17, 15) is 18.0 Å². The number of hydrogen-bond acceptors (Lipinski definition) is 6. The van der Waals surface area contributed by atoms with Crippen LogP contribution in [0, 0.1) is 0 Å². The van der Waals surface area contributed by atoms with Crippen molar-refractivity contribution >= 4 is 27.5 Å². The van der Waals surface area contributed by atoms with Gasteiger partial charge in [-0.1, -0.05) is 31.2 Å². The van der Waals surface area contributed by atoms with Gasteiger partial charge in [0.15, 0.2) is 0 Å². The molecule has 0 bridgehead atoms. The van der Waals surface area contributed by atoms with Crippen molar-refractivity contribution in [3.8, 4) is 11.5 Å². The molecule has 2 atom stereocenters. The van der Waals surface area contributed by atoms with Crippen molar-refractivity contribution in [2.24, 2.45) is 0 Å². The van der Waals surface area contributed by atoms with Crippen LogP contribution in [0.1, 0.15) is 32.8 Å². The Bertz CT molecular complexity index is 1120. The van der Waals surface area contributed by atoms with Gasteiger partial charge >= 0.3 is 0 Å². The van der Waals surface area contributed by atoms with E-state index in [1.54, 1.807) is 56.5 Å². The number of carbonyl (C=O) groups excluding carboxylic acids is 2. The summed E-state index contributed by atoms with van der Waals surface area (Å²) < 4.78 is 37.0. The Balaban J connectivity index is 2.44. The molecule has 0 saturated carbocycles. The molecule has 10 heteroatoms. The first-order valence-electron chi connectivity index (χ1n) is 11.3. The minimum Gasteiger partial charge on any atom is -0.497 e. The first kappa shape index (κ1) is 28.0. The molecule has 0 aromatic heterocycles. The number of nitrogens with zero attached hydrogens (tertiary/aromatic N) is 2. The van der Waals surface area contributed by atoms with Crippen LogP contribution in [0.4, 0.5) is 5.69 Å². The molecule has 35 heavy (non-hydrogen) atoms. The number of rotatable bonds is 12. The van der Waals surface area contributed by atoms with E-state index in [-0.39, 0.29) is 24.2 Å². The Kier molecular flexibility index (Phi) is 9.94. The first-order chi connectivity index (χ1) is 16.5. The third kappa shape index (κ3) is 7.61. The maximum Gasteiger partial charge on any atom is 0.244 e. The molecule has 0 aliphatic carbocycles. The number of nitrogens with one attached hydrogen (secondary N) is 1. The second kappa shape index (κ2) is 12.4. The molecule has 192 valence electrons. The van der Waals surface area contributed by atoms with E-state index >= 15 is 0 Å². The summed E-state index contributed by atoms with van der Waals surface area (Å²) in [6.45, 7) is 5.06. The predicted molar refractivity (Wildman–Crippen MR) is 136 cm³/mol. The number of anilines is 1. The zero-order valence-electron chi connectivity index (χ0n) is 21.1. The lowest BCUT2D eigenvalue weighted by molar-refractivity contribution is -0.139. The third-order valence-corrected chi connectivity index (χ3v) is 6.81. The Hall–Kier alpha value is -3.27. The van der Waals surface area contributed by atoms with Crippen molar-refractivity contribution < 1.29 is 27.5 Å². The Morgan fingerprint density at radius 2 is 1.71 bits per heavy atom. The van der Waals surface area contributed by atoms with Crippen molar-refractivity contribution in [3.05, 3.63) is 54.1 Å². The number of carbonyl (C=O) groups is 2. The van der Waals surface area contributed by atoms with Crippen molar-refractivity contribution in [1.82, 2.24) is 10.2 Å². The monoisotopic (exact) mass is 505 g/mol. The second-order valence-electron chi connectivity index (χ2n) is 8.31. The number of benzene rings is 2. The van der Waals surface area contributed by atoms with Crippen LogP contribution in [0.2, 0.25) is 0 Å². The number of ether oxygens (including phenoxy) is 2. The van der Waals surface area contributed by atoms with Crippen molar-refractivity contribution in [1.29, 1.82) is 0 Å². The van der Waals surface area contributed by atoms with Gasteiger partial charge in [-0.2, -0.15) is 0 Å². The number of hydrogen-bond donors (Lipinski definition) is 1. The lowest BCUT2D eigenvalue weighted by Gasteiger charge is -2.32. The van der Waals surface area contributed by atoms with Crippen LogP contribution in [0.15, 0.2) is 48.5 Å². The Morgan fingerprint density at radius 3 is 2.31 bits per heavy atom. The summed E-state index contributed by atoms with van der Waals surface area (Å²) in [5, 5.41) is 2.90. The molecule has 0 heterocycles. The first-order valence-corrected chi connectivity index (χ1v) is 13.2. The highest BCUT2D eigenvalue weighted by atomic mass is 32.2. The molecule has 0 aliphatic rings. The summed E-state index contributed by atoms with van der Waals surface area (Å²) in [7, 11) is -0.875. The number of methoxy groups -OCH3 is 2. The fraction of sp³-hybridized carbons (Fsp3) is 0.440. The van der Waals surface area contributed by atoms with Gasteiger partial charge in [0.25, 0.3) is 0 Å². The Labute approximate surface area is 208 Å². The van der Waals surface area contributed by atoms with Crippen LogP contribution in [0.3, 0.4) is 0 Å². The molecule has 0 fully saturated rings. The van der Waals surface area contributed by atoms with E-state index < -0.39 is 28.5 Å². The molecule has 2 aromatic rings. The molecular formula is C25H35N3O6S. The minimum absolute atomic E-state index is 0.0696. The van der Waals surface area contributed by atoms with Crippen molar-refractivity contribution in [2.75, 3.05) is 31.3 Å². The van der Waals surface area contributed by atoms with Crippen LogP contribution in [0.25, 0.3) is 0 Å². The van der Waals surface area contributed by atoms with Gasteiger partial charge in [0.2, 0.25) is 21.8 Å². The van der Waals surface area contributed by atoms with E-state index in [2.05, 4.69) is 5.32 Å². The molecule has 1 N–H and O–H groups in total. The zero-order valence-corrected chi connectivity index (χ0v) is 22.0. The standard InChI is InChI=1S/C25H35N3O6S/c1-7-18(2)26-25(30)19(3)27(16-20-11-10-12-21(15-20)33-4)24(29)17-28(35(6,31)32)22-13-8-9-14-23(22)34-5/h8-15,18-19H,7,16-17H2,1-6H3,(H,26,30). The lowest BCUT2D eigenvalue weighted by atomic mass is 10.1. The summed E-state index contributed by atoms with van der Waals surface area (Å²) in [6.07, 6.45) is 1.76. The highest BCUT2D eigenvalue weighted by Gasteiger charge is 2.31. The molecule has 2 amide bonds. The molecule has 2 aromatic carbocycles. The van der Waals surface area contributed by atoms with Crippen molar-refractivity contribution in [3.63, 3.8) is 0 Å².